The van der Waals surface area contributed by atoms with Crippen molar-refractivity contribution in [3.8, 4) is 5.75 Å². The van der Waals surface area contributed by atoms with Gasteiger partial charge in [-0.2, -0.15) is 0 Å². The van der Waals surface area contributed by atoms with E-state index in [-0.39, 0.29) is 17.9 Å². The van der Waals surface area contributed by atoms with Crippen LogP contribution in [-0.2, 0) is 9.59 Å². The zero-order valence-electron chi connectivity index (χ0n) is 15.7. The smallest absolute Gasteiger partial charge is 0.324 e. The summed E-state index contributed by atoms with van der Waals surface area (Å²) in [4.78, 5) is 28.5. The average molecular weight is 348 g/mol. The number of methoxy groups -OCH3 is 1. The van der Waals surface area contributed by atoms with Crippen molar-refractivity contribution in [2.45, 2.75) is 38.3 Å². The summed E-state index contributed by atoms with van der Waals surface area (Å²) in [6, 6.07) is 7.25. The number of nitrogens with zero attached hydrogens (tertiary/aromatic N) is 2. The van der Waals surface area contributed by atoms with E-state index >= 15 is 0 Å². The quantitative estimate of drug-likeness (QED) is 0.855. The van der Waals surface area contributed by atoms with Crippen LogP contribution in [0.3, 0.4) is 0 Å². The summed E-state index contributed by atoms with van der Waals surface area (Å²) in [7, 11) is 5.18. The van der Waals surface area contributed by atoms with Crippen LogP contribution >= 0.6 is 0 Å². The number of aliphatic carboxylic acids is 1. The summed E-state index contributed by atoms with van der Waals surface area (Å²) in [6.07, 6.45) is 0.764. The maximum atomic E-state index is 12.9. The summed E-state index contributed by atoms with van der Waals surface area (Å²) >= 11 is 0. The Bertz CT molecular complexity index is 631. The van der Waals surface area contributed by atoms with Crippen LogP contribution in [0.25, 0.3) is 0 Å². The highest BCUT2D eigenvalue weighted by molar-refractivity contribution is 5.85. The first-order valence-corrected chi connectivity index (χ1v) is 8.67. The highest BCUT2D eigenvalue weighted by Gasteiger charge is 2.56. The predicted octanol–water partition coefficient (Wildman–Crippen LogP) is 2.40. The van der Waals surface area contributed by atoms with Gasteiger partial charge in [-0.15, -0.1) is 0 Å². The molecule has 0 radical (unpaired) electrons. The Morgan fingerprint density at radius 3 is 2.36 bits per heavy atom. The number of carboxylic acid groups (broad SMARTS) is 1. The molecule has 0 spiro atoms. The fourth-order valence-corrected chi connectivity index (χ4v) is 3.86. The minimum Gasteiger partial charge on any atom is -0.497 e. The molecule has 0 aromatic heterocycles. The van der Waals surface area contributed by atoms with Gasteiger partial charge < -0.3 is 14.7 Å². The minimum absolute atomic E-state index is 0.00765. The largest absolute Gasteiger partial charge is 0.497 e. The predicted molar refractivity (Wildman–Crippen MR) is 95.6 cm³/mol. The molecule has 1 aliphatic rings. The van der Waals surface area contributed by atoms with Crippen molar-refractivity contribution in [2.75, 3.05) is 27.7 Å². The van der Waals surface area contributed by atoms with Gasteiger partial charge in [0, 0.05) is 19.6 Å². The van der Waals surface area contributed by atoms with Crippen LogP contribution in [0.5, 0.6) is 5.75 Å². The second kappa shape index (κ2) is 7.44. The first kappa shape index (κ1) is 19.2. The molecule has 1 aliphatic heterocycles. The van der Waals surface area contributed by atoms with Crippen molar-refractivity contribution in [3.63, 3.8) is 0 Å². The molecule has 1 saturated heterocycles. The third-order valence-corrected chi connectivity index (χ3v) is 5.64. The van der Waals surface area contributed by atoms with Gasteiger partial charge in [0.1, 0.15) is 11.3 Å². The molecule has 6 nitrogen and oxygen atoms in total. The number of carboxylic acids is 1. The molecule has 138 valence electrons. The molecule has 0 aliphatic carbocycles. The second-order valence-electron chi connectivity index (χ2n) is 6.68. The van der Waals surface area contributed by atoms with Crippen molar-refractivity contribution in [3.05, 3.63) is 29.8 Å². The molecule has 1 heterocycles. The van der Waals surface area contributed by atoms with E-state index in [0.29, 0.717) is 19.4 Å². The monoisotopic (exact) mass is 348 g/mol. The van der Waals surface area contributed by atoms with Gasteiger partial charge in [-0.05, 0) is 44.5 Å². The van der Waals surface area contributed by atoms with Crippen LogP contribution in [0.15, 0.2) is 24.3 Å². The number of rotatable bonds is 6. The molecule has 6 heteroatoms. The van der Waals surface area contributed by atoms with Gasteiger partial charge in [-0.3, -0.25) is 14.5 Å². The molecule has 1 aromatic rings. The van der Waals surface area contributed by atoms with Crippen molar-refractivity contribution in [1.29, 1.82) is 0 Å². The number of likely N-dealkylation sites (tertiary alicyclic amines) is 1. The van der Waals surface area contributed by atoms with Crippen molar-refractivity contribution in [1.82, 2.24) is 9.80 Å². The van der Waals surface area contributed by atoms with Crippen LogP contribution in [-0.4, -0.2) is 60.1 Å². The number of benzene rings is 1. The van der Waals surface area contributed by atoms with Gasteiger partial charge in [-0.25, -0.2) is 0 Å². The van der Waals surface area contributed by atoms with E-state index in [4.69, 9.17) is 4.74 Å². The number of hydrogen-bond donors (Lipinski definition) is 1. The molecule has 2 rings (SSSR count). The summed E-state index contributed by atoms with van der Waals surface area (Å²) in [5, 5.41) is 9.89. The van der Waals surface area contributed by atoms with Gasteiger partial charge in [0.05, 0.1) is 13.0 Å². The van der Waals surface area contributed by atoms with E-state index in [1.54, 1.807) is 19.1 Å². The van der Waals surface area contributed by atoms with E-state index in [1.165, 1.54) is 0 Å². The van der Waals surface area contributed by atoms with Crippen LogP contribution in [0.1, 0.15) is 38.3 Å². The number of hydrogen-bond acceptors (Lipinski definition) is 4. The molecule has 0 bridgehead atoms. The van der Waals surface area contributed by atoms with Gasteiger partial charge in [0.25, 0.3) is 0 Å². The normalized spacial score (nSPS) is 26.4. The van der Waals surface area contributed by atoms with E-state index in [0.717, 1.165) is 11.3 Å². The molecule has 0 unspecified atom stereocenters. The SMILES string of the molecule is CCN(C)C(=O)[C@H]1C[C@@](CC)(C(=O)O)N(C)[C@H]1c1ccc(OC)cc1. The molecule has 1 amide bonds. The Labute approximate surface area is 149 Å². The first-order chi connectivity index (χ1) is 11.8. The van der Waals surface area contributed by atoms with Crippen molar-refractivity contribution >= 4 is 11.9 Å². The third kappa shape index (κ3) is 3.23. The molecule has 1 N–H and O–H groups in total. The fourth-order valence-electron chi connectivity index (χ4n) is 3.86. The van der Waals surface area contributed by atoms with Crippen LogP contribution in [0, 0.1) is 5.92 Å². The average Bonchev–Trinajstić information content (AvgIpc) is 2.94. The Balaban J connectivity index is 2.49. The molecule has 1 fully saturated rings. The Morgan fingerprint density at radius 2 is 1.92 bits per heavy atom. The molecule has 3 atom stereocenters. The fraction of sp³-hybridized carbons (Fsp3) is 0.579. The molecular weight excluding hydrogens is 320 g/mol. The number of carbonyl (C=O) groups excluding carboxylic acids is 1. The summed E-state index contributed by atoms with van der Waals surface area (Å²) in [6.45, 7) is 4.38. The lowest BCUT2D eigenvalue weighted by Crippen LogP contribution is -2.48. The lowest BCUT2D eigenvalue weighted by Gasteiger charge is -2.34. The molecule has 25 heavy (non-hydrogen) atoms. The summed E-state index contributed by atoms with van der Waals surface area (Å²) in [5.41, 5.74) is -0.0952. The number of ether oxygens (including phenoxy) is 1. The summed E-state index contributed by atoms with van der Waals surface area (Å²) < 4.78 is 5.21. The minimum atomic E-state index is -1.03. The van der Waals surface area contributed by atoms with Gasteiger partial charge >= 0.3 is 5.97 Å². The Hall–Kier alpha value is -2.08. The second-order valence-corrected chi connectivity index (χ2v) is 6.68. The zero-order valence-corrected chi connectivity index (χ0v) is 15.7. The van der Waals surface area contributed by atoms with Gasteiger partial charge in [0.2, 0.25) is 5.91 Å². The standard InChI is InChI=1S/C19H28N2O4/c1-6-19(18(23)24)12-15(17(22)20(3)7-2)16(21(19)4)13-8-10-14(25-5)11-9-13/h8-11,15-16H,6-7,12H2,1-5H3,(H,23,24)/t15-,16-,19-/m0/s1. The van der Waals surface area contributed by atoms with E-state index in [2.05, 4.69) is 0 Å². The number of likely N-dealkylation sites (N-methyl/N-ethyl adjacent to an activating group) is 1. The Kier molecular flexibility index (Phi) is 5.72. The maximum absolute atomic E-state index is 12.9. The van der Waals surface area contributed by atoms with Crippen LogP contribution in [0.2, 0.25) is 0 Å². The third-order valence-electron chi connectivity index (χ3n) is 5.64. The molecule has 1 aromatic carbocycles. The highest BCUT2D eigenvalue weighted by Crippen LogP contribution is 2.48. The van der Waals surface area contributed by atoms with E-state index < -0.39 is 11.5 Å². The maximum Gasteiger partial charge on any atom is 0.324 e. The van der Waals surface area contributed by atoms with Crippen molar-refractivity contribution < 1.29 is 19.4 Å². The Morgan fingerprint density at radius 1 is 1.32 bits per heavy atom. The van der Waals surface area contributed by atoms with E-state index in [1.807, 2.05) is 50.1 Å². The summed E-state index contributed by atoms with van der Waals surface area (Å²) in [5.74, 6) is -0.533. The van der Waals surface area contributed by atoms with Crippen molar-refractivity contribution in [2.24, 2.45) is 5.92 Å². The number of carbonyl (C=O) groups is 2. The lowest BCUT2D eigenvalue weighted by molar-refractivity contribution is -0.150. The molecular formula is C19H28N2O4. The molecule has 0 saturated carbocycles. The van der Waals surface area contributed by atoms with Crippen LogP contribution < -0.4 is 4.74 Å². The van der Waals surface area contributed by atoms with Crippen LogP contribution in [0.4, 0.5) is 0 Å². The number of amides is 1. The zero-order chi connectivity index (χ0) is 18.8. The first-order valence-electron chi connectivity index (χ1n) is 8.67. The van der Waals surface area contributed by atoms with E-state index in [9.17, 15) is 14.7 Å². The van der Waals surface area contributed by atoms with Gasteiger partial charge in [-0.1, -0.05) is 19.1 Å². The van der Waals surface area contributed by atoms with Gasteiger partial charge in [0.15, 0.2) is 0 Å². The highest BCUT2D eigenvalue weighted by atomic mass is 16.5. The lowest BCUT2D eigenvalue weighted by atomic mass is 9.87. The topological polar surface area (TPSA) is 70.1 Å².